The summed E-state index contributed by atoms with van der Waals surface area (Å²) < 4.78 is 0. The molecule has 4 fully saturated rings. The number of rotatable bonds is 1. The van der Waals surface area contributed by atoms with E-state index in [-0.39, 0.29) is 12.4 Å². The molecule has 2 aliphatic carbocycles. The lowest BCUT2D eigenvalue weighted by molar-refractivity contribution is -0.132. The predicted molar refractivity (Wildman–Crippen MR) is 77.3 cm³/mol. The Morgan fingerprint density at radius 3 is 2.47 bits per heavy atom. The molecule has 2 heterocycles. The Morgan fingerprint density at radius 2 is 1.79 bits per heavy atom. The molecule has 1 N–H and O–H groups in total. The lowest BCUT2D eigenvalue weighted by Gasteiger charge is -2.33. The molecule has 1 spiro atoms. The number of hydrogen-bond donors (Lipinski definition) is 1. The molecule has 2 unspecified atom stereocenters. The Morgan fingerprint density at radius 1 is 1.11 bits per heavy atom. The van der Waals surface area contributed by atoms with E-state index in [2.05, 4.69) is 10.2 Å². The first-order valence-electron chi connectivity index (χ1n) is 7.79. The first-order chi connectivity index (χ1) is 8.79. The van der Waals surface area contributed by atoms with Crippen molar-refractivity contribution in [3.05, 3.63) is 0 Å². The van der Waals surface area contributed by atoms with Gasteiger partial charge in [-0.2, -0.15) is 0 Å². The van der Waals surface area contributed by atoms with E-state index in [1.165, 1.54) is 38.5 Å². The molecule has 19 heavy (non-hydrogen) atoms. The van der Waals surface area contributed by atoms with Crippen molar-refractivity contribution in [3.63, 3.8) is 0 Å². The molecule has 0 aromatic heterocycles. The highest BCUT2D eigenvalue weighted by atomic mass is 35.5. The van der Waals surface area contributed by atoms with Crippen molar-refractivity contribution in [2.75, 3.05) is 26.2 Å². The Hall–Kier alpha value is -0.280. The van der Waals surface area contributed by atoms with Crippen molar-refractivity contribution in [2.24, 2.45) is 23.2 Å². The number of carbonyl (C=O) groups excluding carboxylic acids is 1. The molecule has 2 saturated heterocycles. The molecule has 0 aromatic rings. The van der Waals surface area contributed by atoms with Crippen molar-refractivity contribution in [1.29, 1.82) is 0 Å². The first-order valence-corrected chi connectivity index (χ1v) is 7.79. The predicted octanol–water partition coefficient (Wildman–Crippen LogP) is 2.06. The zero-order valence-corrected chi connectivity index (χ0v) is 12.4. The summed E-state index contributed by atoms with van der Waals surface area (Å²) in [6, 6.07) is 0. The van der Waals surface area contributed by atoms with Gasteiger partial charge in [-0.1, -0.05) is 6.42 Å². The maximum atomic E-state index is 12.6. The average molecular weight is 285 g/mol. The van der Waals surface area contributed by atoms with Crippen molar-refractivity contribution < 1.29 is 4.79 Å². The average Bonchev–Trinajstić information content (AvgIpc) is 2.78. The van der Waals surface area contributed by atoms with Gasteiger partial charge in [-0.15, -0.1) is 12.4 Å². The molecule has 108 valence electrons. The number of carbonyl (C=O) groups is 1. The number of hydrogen-bond acceptors (Lipinski definition) is 2. The van der Waals surface area contributed by atoms with E-state index in [1.807, 2.05) is 0 Å². The molecule has 0 aromatic carbocycles. The second-order valence-corrected chi connectivity index (χ2v) is 7.04. The van der Waals surface area contributed by atoms with E-state index < -0.39 is 0 Å². The molecule has 3 nitrogen and oxygen atoms in total. The van der Waals surface area contributed by atoms with Gasteiger partial charge in [-0.25, -0.2) is 0 Å². The molecule has 0 bridgehead atoms. The van der Waals surface area contributed by atoms with Crippen molar-refractivity contribution in [3.8, 4) is 0 Å². The molecule has 1 amide bonds. The maximum Gasteiger partial charge on any atom is 0.226 e. The highest BCUT2D eigenvalue weighted by Gasteiger charge is 2.58. The molecular weight excluding hydrogens is 260 g/mol. The zero-order valence-electron chi connectivity index (χ0n) is 11.6. The summed E-state index contributed by atoms with van der Waals surface area (Å²) in [7, 11) is 0. The van der Waals surface area contributed by atoms with Gasteiger partial charge in [-0.3, -0.25) is 4.79 Å². The van der Waals surface area contributed by atoms with E-state index in [9.17, 15) is 4.79 Å². The Balaban J connectivity index is 0.00000110. The van der Waals surface area contributed by atoms with Crippen LogP contribution in [0.4, 0.5) is 0 Å². The van der Waals surface area contributed by atoms with Gasteiger partial charge in [0.05, 0.1) is 0 Å². The fraction of sp³-hybridized carbons (Fsp3) is 0.933. The number of halogens is 1. The molecule has 2 atom stereocenters. The summed E-state index contributed by atoms with van der Waals surface area (Å²) >= 11 is 0. The molecule has 2 aliphatic heterocycles. The third-order valence-corrected chi connectivity index (χ3v) is 6.11. The largest absolute Gasteiger partial charge is 0.342 e. The van der Waals surface area contributed by atoms with Crippen LogP contribution in [-0.2, 0) is 4.79 Å². The summed E-state index contributed by atoms with van der Waals surface area (Å²) in [5.74, 6) is 2.51. The topological polar surface area (TPSA) is 32.3 Å². The third-order valence-electron chi connectivity index (χ3n) is 6.11. The molecule has 4 rings (SSSR count). The van der Waals surface area contributed by atoms with Crippen molar-refractivity contribution in [1.82, 2.24) is 10.2 Å². The van der Waals surface area contributed by atoms with Crippen LogP contribution in [0.25, 0.3) is 0 Å². The Bertz CT molecular complexity index is 357. The van der Waals surface area contributed by atoms with Crippen LogP contribution in [0.15, 0.2) is 0 Å². The van der Waals surface area contributed by atoms with Gasteiger partial charge >= 0.3 is 0 Å². The minimum atomic E-state index is 0. The maximum absolute atomic E-state index is 12.6. The third kappa shape index (κ3) is 2.19. The molecule has 0 radical (unpaired) electrons. The fourth-order valence-corrected chi connectivity index (χ4v) is 4.89. The van der Waals surface area contributed by atoms with E-state index in [0.717, 1.165) is 38.0 Å². The SMILES string of the molecule is Cl.O=C(C1C2CCCC21)N1CCC2(CCNCC2)C1. The second-order valence-electron chi connectivity index (χ2n) is 7.04. The van der Waals surface area contributed by atoms with Gasteiger partial charge < -0.3 is 10.2 Å². The summed E-state index contributed by atoms with van der Waals surface area (Å²) in [5, 5.41) is 3.44. The number of piperidine rings is 1. The first kappa shape index (κ1) is 13.7. The lowest BCUT2D eigenvalue weighted by atomic mass is 9.78. The highest BCUT2D eigenvalue weighted by molar-refractivity contribution is 5.85. The van der Waals surface area contributed by atoms with E-state index in [1.54, 1.807) is 0 Å². The standard InChI is InChI=1S/C15H24N2O.ClH/c18-14(13-11-2-1-3-12(11)13)17-9-6-15(10-17)4-7-16-8-5-15;/h11-13,16H,1-10H2;1H. The minimum Gasteiger partial charge on any atom is -0.342 e. The monoisotopic (exact) mass is 284 g/mol. The summed E-state index contributed by atoms with van der Waals surface area (Å²) in [6.07, 6.45) is 7.81. The van der Waals surface area contributed by atoms with Crippen LogP contribution >= 0.6 is 12.4 Å². The van der Waals surface area contributed by atoms with Gasteiger partial charge in [0.25, 0.3) is 0 Å². The zero-order chi connectivity index (χ0) is 12.2. The van der Waals surface area contributed by atoms with Crippen molar-refractivity contribution in [2.45, 2.75) is 38.5 Å². The van der Waals surface area contributed by atoms with Gasteiger partial charge in [-0.05, 0) is 62.4 Å². The van der Waals surface area contributed by atoms with Gasteiger partial charge in [0.1, 0.15) is 0 Å². The number of nitrogens with zero attached hydrogens (tertiary/aromatic N) is 1. The number of fused-ring (bicyclic) bond motifs is 1. The van der Waals surface area contributed by atoms with Crippen LogP contribution in [0.3, 0.4) is 0 Å². The van der Waals surface area contributed by atoms with Gasteiger partial charge in [0, 0.05) is 19.0 Å². The Labute approximate surface area is 121 Å². The second kappa shape index (κ2) is 4.92. The van der Waals surface area contributed by atoms with Gasteiger partial charge in [0.15, 0.2) is 0 Å². The quantitative estimate of drug-likeness (QED) is 0.799. The van der Waals surface area contributed by atoms with E-state index in [0.29, 0.717) is 17.2 Å². The minimum absolute atomic E-state index is 0. The summed E-state index contributed by atoms with van der Waals surface area (Å²) in [6.45, 7) is 4.39. The van der Waals surface area contributed by atoms with Crippen LogP contribution in [0, 0.1) is 23.2 Å². The number of likely N-dealkylation sites (tertiary alicyclic amines) is 1. The number of amides is 1. The van der Waals surface area contributed by atoms with Crippen molar-refractivity contribution >= 4 is 18.3 Å². The van der Waals surface area contributed by atoms with Crippen LogP contribution in [0.2, 0.25) is 0 Å². The lowest BCUT2D eigenvalue weighted by Crippen LogP contribution is -2.40. The summed E-state index contributed by atoms with van der Waals surface area (Å²) in [4.78, 5) is 14.8. The smallest absolute Gasteiger partial charge is 0.226 e. The summed E-state index contributed by atoms with van der Waals surface area (Å²) in [5.41, 5.74) is 0.477. The van der Waals surface area contributed by atoms with Crippen LogP contribution < -0.4 is 5.32 Å². The van der Waals surface area contributed by atoms with E-state index in [4.69, 9.17) is 0 Å². The Kier molecular flexibility index (Phi) is 3.55. The fourth-order valence-electron chi connectivity index (χ4n) is 4.89. The molecular formula is C15H25ClN2O. The van der Waals surface area contributed by atoms with Gasteiger partial charge in [0.2, 0.25) is 5.91 Å². The van der Waals surface area contributed by atoms with Crippen LogP contribution in [-0.4, -0.2) is 37.0 Å². The molecule has 4 heteroatoms. The number of nitrogens with one attached hydrogen (secondary N) is 1. The molecule has 4 aliphatic rings. The normalized spacial score (nSPS) is 38.9. The molecule has 2 saturated carbocycles. The van der Waals surface area contributed by atoms with Crippen LogP contribution in [0.1, 0.15) is 38.5 Å². The van der Waals surface area contributed by atoms with Crippen LogP contribution in [0.5, 0.6) is 0 Å². The highest BCUT2D eigenvalue weighted by Crippen LogP contribution is 2.58. The van der Waals surface area contributed by atoms with E-state index >= 15 is 0 Å².